The minimum Gasteiger partial charge on any atom is -0.368 e. The van der Waals surface area contributed by atoms with Crippen LogP contribution in [0.15, 0.2) is 65.6 Å². The SMILES string of the molecule is O=C(NCCC(=O)N1CCN(c2ccccc2)CC1)C1CCCN(S(=O)(=O)c2ccccc2)C1. The van der Waals surface area contributed by atoms with Crippen molar-refractivity contribution in [1.29, 1.82) is 0 Å². The van der Waals surface area contributed by atoms with Crippen LogP contribution < -0.4 is 10.2 Å². The topological polar surface area (TPSA) is 90.0 Å². The van der Waals surface area contributed by atoms with Crippen molar-refractivity contribution in [3.05, 3.63) is 60.7 Å². The van der Waals surface area contributed by atoms with E-state index >= 15 is 0 Å². The standard InChI is InChI=1S/C25H32N4O4S/c30-24(28-18-16-27(17-19-28)22-9-3-1-4-10-22)13-14-26-25(31)21-8-7-15-29(20-21)34(32,33)23-11-5-2-6-12-23/h1-6,9-12,21H,7-8,13-20H2,(H,26,31). The van der Waals surface area contributed by atoms with Gasteiger partial charge in [0.2, 0.25) is 21.8 Å². The molecule has 8 nitrogen and oxygen atoms in total. The molecule has 2 fully saturated rings. The lowest BCUT2D eigenvalue weighted by molar-refractivity contribution is -0.131. The Morgan fingerprint density at radius 3 is 2.21 bits per heavy atom. The molecule has 1 atom stereocenters. The zero-order valence-corrected chi connectivity index (χ0v) is 20.1. The predicted octanol–water partition coefficient (Wildman–Crippen LogP) is 1.94. The molecule has 1 unspecified atom stereocenters. The van der Waals surface area contributed by atoms with Crippen molar-refractivity contribution < 1.29 is 18.0 Å². The van der Waals surface area contributed by atoms with E-state index in [1.807, 2.05) is 23.1 Å². The maximum atomic E-state index is 12.9. The van der Waals surface area contributed by atoms with Crippen LogP contribution in [-0.4, -0.2) is 75.3 Å². The predicted molar refractivity (Wildman–Crippen MR) is 131 cm³/mol. The van der Waals surface area contributed by atoms with Gasteiger partial charge in [-0.2, -0.15) is 4.31 Å². The molecule has 9 heteroatoms. The third-order valence-electron chi connectivity index (χ3n) is 6.53. The Kier molecular flexibility index (Phi) is 7.84. The summed E-state index contributed by atoms with van der Waals surface area (Å²) in [7, 11) is -3.61. The molecule has 2 aromatic carbocycles. The first kappa shape index (κ1) is 24.2. The van der Waals surface area contributed by atoms with Crippen LogP contribution in [-0.2, 0) is 19.6 Å². The number of sulfonamides is 1. The fourth-order valence-corrected chi connectivity index (χ4v) is 6.11. The molecular weight excluding hydrogens is 452 g/mol. The molecule has 2 heterocycles. The monoisotopic (exact) mass is 484 g/mol. The number of carbonyl (C=O) groups excluding carboxylic acids is 2. The quantitative estimate of drug-likeness (QED) is 0.649. The van der Waals surface area contributed by atoms with E-state index < -0.39 is 15.9 Å². The van der Waals surface area contributed by atoms with Crippen LogP contribution >= 0.6 is 0 Å². The van der Waals surface area contributed by atoms with Gasteiger partial charge in [0.15, 0.2) is 0 Å². The number of rotatable bonds is 7. The summed E-state index contributed by atoms with van der Waals surface area (Å²) >= 11 is 0. The highest BCUT2D eigenvalue weighted by atomic mass is 32.2. The second-order valence-electron chi connectivity index (χ2n) is 8.76. The summed E-state index contributed by atoms with van der Waals surface area (Å²) in [5, 5.41) is 2.85. The summed E-state index contributed by atoms with van der Waals surface area (Å²) in [4.78, 5) is 29.7. The third-order valence-corrected chi connectivity index (χ3v) is 8.41. The maximum absolute atomic E-state index is 12.9. The lowest BCUT2D eigenvalue weighted by Crippen LogP contribution is -2.49. The number of carbonyl (C=O) groups is 2. The largest absolute Gasteiger partial charge is 0.368 e. The van der Waals surface area contributed by atoms with Gasteiger partial charge in [0, 0.05) is 57.9 Å². The summed E-state index contributed by atoms with van der Waals surface area (Å²) in [6, 6.07) is 18.5. The number of para-hydroxylation sites is 1. The minimum absolute atomic E-state index is 0.0323. The molecule has 0 radical (unpaired) electrons. The number of nitrogens with zero attached hydrogens (tertiary/aromatic N) is 3. The van der Waals surface area contributed by atoms with E-state index in [0.717, 1.165) is 18.8 Å². The second kappa shape index (κ2) is 11.0. The number of hydrogen-bond acceptors (Lipinski definition) is 5. The van der Waals surface area contributed by atoms with Gasteiger partial charge in [-0.25, -0.2) is 8.42 Å². The molecule has 2 amide bonds. The normalized spacial score (nSPS) is 19.6. The molecule has 1 N–H and O–H groups in total. The molecule has 0 saturated carbocycles. The molecule has 2 aliphatic rings. The van der Waals surface area contributed by atoms with Crippen LogP contribution in [0.2, 0.25) is 0 Å². The van der Waals surface area contributed by atoms with E-state index in [0.29, 0.717) is 32.5 Å². The average Bonchev–Trinajstić information content (AvgIpc) is 2.89. The zero-order valence-electron chi connectivity index (χ0n) is 19.3. The molecule has 0 aliphatic carbocycles. The fraction of sp³-hybridized carbons (Fsp3) is 0.440. The van der Waals surface area contributed by atoms with Crippen LogP contribution in [0.5, 0.6) is 0 Å². The van der Waals surface area contributed by atoms with E-state index in [4.69, 9.17) is 0 Å². The maximum Gasteiger partial charge on any atom is 0.243 e. The van der Waals surface area contributed by atoms with E-state index in [9.17, 15) is 18.0 Å². The zero-order chi connectivity index (χ0) is 24.0. The Hall–Kier alpha value is -2.91. The Bertz CT molecular complexity index is 1070. The molecule has 34 heavy (non-hydrogen) atoms. The number of benzene rings is 2. The van der Waals surface area contributed by atoms with Crippen LogP contribution in [0.1, 0.15) is 19.3 Å². The van der Waals surface area contributed by atoms with E-state index in [1.165, 1.54) is 4.31 Å². The lowest BCUT2D eigenvalue weighted by atomic mass is 9.99. The molecule has 2 saturated heterocycles. The summed E-state index contributed by atoms with van der Waals surface area (Å²) < 4.78 is 27.2. The highest BCUT2D eigenvalue weighted by Crippen LogP contribution is 2.24. The third kappa shape index (κ3) is 5.77. The molecular formula is C25H32N4O4S. The van der Waals surface area contributed by atoms with Gasteiger partial charge in [0.25, 0.3) is 0 Å². The highest BCUT2D eigenvalue weighted by molar-refractivity contribution is 7.89. The first-order valence-corrected chi connectivity index (χ1v) is 13.3. The summed E-state index contributed by atoms with van der Waals surface area (Å²) in [5.74, 6) is -0.559. The van der Waals surface area contributed by atoms with Crippen molar-refractivity contribution in [2.75, 3.05) is 50.7 Å². The van der Waals surface area contributed by atoms with Gasteiger partial charge in [0.1, 0.15) is 0 Å². The van der Waals surface area contributed by atoms with Gasteiger partial charge in [-0.15, -0.1) is 0 Å². The lowest BCUT2D eigenvalue weighted by Gasteiger charge is -2.36. The van der Waals surface area contributed by atoms with Crippen molar-refractivity contribution in [3.8, 4) is 0 Å². The molecule has 4 rings (SSSR count). The molecule has 2 aromatic rings. The molecule has 0 spiro atoms. The van der Waals surface area contributed by atoms with Crippen LogP contribution in [0.4, 0.5) is 5.69 Å². The Morgan fingerprint density at radius 2 is 1.53 bits per heavy atom. The van der Waals surface area contributed by atoms with Crippen molar-refractivity contribution >= 4 is 27.5 Å². The highest BCUT2D eigenvalue weighted by Gasteiger charge is 2.33. The van der Waals surface area contributed by atoms with Gasteiger partial charge >= 0.3 is 0 Å². The van der Waals surface area contributed by atoms with Crippen molar-refractivity contribution in [2.24, 2.45) is 5.92 Å². The average molecular weight is 485 g/mol. The fourth-order valence-electron chi connectivity index (χ4n) is 4.56. The van der Waals surface area contributed by atoms with Crippen LogP contribution in [0, 0.1) is 5.92 Å². The van der Waals surface area contributed by atoms with Crippen molar-refractivity contribution in [2.45, 2.75) is 24.2 Å². The van der Waals surface area contributed by atoms with Gasteiger partial charge in [-0.05, 0) is 37.1 Å². The van der Waals surface area contributed by atoms with Gasteiger partial charge in [-0.3, -0.25) is 9.59 Å². The number of piperidine rings is 1. The number of hydrogen-bond donors (Lipinski definition) is 1. The summed E-state index contributed by atoms with van der Waals surface area (Å²) in [6.07, 6.45) is 1.52. The number of amides is 2. The minimum atomic E-state index is -3.61. The van der Waals surface area contributed by atoms with Gasteiger partial charge < -0.3 is 15.1 Å². The first-order valence-electron chi connectivity index (χ1n) is 11.9. The van der Waals surface area contributed by atoms with E-state index in [2.05, 4.69) is 22.3 Å². The molecule has 182 valence electrons. The number of nitrogens with one attached hydrogen (secondary N) is 1. The van der Waals surface area contributed by atoms with Crippen LogP contribution in [0.3, 0.4) is 0 Å². The van der Waals surface area contributed by atoms with Crippen molar-refractivity contribution in [1.82, 2.24) is 14.5 Å². The molecule has 0 bridgehead atoms. The van der Waals surface area contributed by atoms with Gasteiger partial charge in [0.05, 0.1) is 10.8 Å². The molecule has 0 aromatic heterocycles. The smallest absolute Gasteiger partial charge is 0.243 e. The van der Waals surface area contributed by atoms with E-state index in [1.54, 1.807) is 30.3 Å². The van der Waals surface area contributed by atoms with Gasteiger partial charge in [-0.1, -0.05) is 36.4 Å². The Morgan fingerprint density at radius 1 is 0.882 bits per heavy atom. The Balaban J connectivity index is 1.21. The molecule has 2 aliphatic heterocycles. The summed E-state index contributed by atoms with van der Waals surface area (Å²) in [5.41, 5.74) is 1.16. The number of piperazine rings is 1. The van der Waals surface area contributed by atoms with E-state index in [-0.39, 0.29) is 36.2 Å². The van der Waals surface area contributed by atoms with Crippen molar-refractivity contribution in [3.63, 3.8) is 0 Å². The second-order valence-corrected chi connectivity index (χ2v) is 10.7. The Labute approximate surface area is 201 Å². The number of anilines is 1. The first-order chi connectivity index (χ1) is 16.4. The van der Waals surface area contributed by atoms with Crippen LogP contribution in [0.25, 0.3) is 0 Å². The summed E-state index contributed by atoms with van der Waals surface area (Å²) in [6.45, 7) is 3.74.